The zero-order valence-electron chi connectivity index (χ0n) is 13.7. The van der Waals surface area contributed by atoms with Crippen molar-refractivity contribution >= 4 is 5.69 Å². The quantitative estimate of drug-likeness (QED) is 0.690. The minimum atomic E-state index is -0.368. The fourth-order valence-corrected chi connectivity index (χ4v) is 3.35. The standard InChI is InChI=1S/C18H20N2O4/c1-23-16-10-14-13(17(20(21)22)18(16)24-2)8-9-19-11-15(14)12-6-4-3-5-7-12/h3-7,10,15,19H,8-9,11H2,1-2H3/t15-/m1/s1. The van der Waals surface area contributed by atoms with Gasteiger partial charge in [0.2, 0.25) is 5.75 Å². The SMILES string of the molecule is COc1cc2c(c([N+](=O)[O-])c1OC)CCNC[C@@H]2c1ccccc1. The topological polar surface area (TPSA) is 73.6 Å². The molecule has 1 aliphatic heterocycles. The molecule has 1 heterocycles. The van der Waals surface area contributed by atoms with Gasteiger partial charge in [-0.3, -0.25) is 10.1 Å². The van der Waals surface area contributed by atoms with Gasteiger partial charge in [-0.15, -0.1) is 0 Å². The highest BCUT2D eigenvalue weighted by Gasteiger charge is 2.32. The average molecular weight is 328 g/mol. The Bertz CT molecular complexity index is 746. The van der Waals surface area contributed by atoms with Gasteiger partial charge in [0.15, 0.2) is 5.75 Å². The van der Waals surface area contributed by atoms with Gasteiger partial charge in [0.25, 0.3) is 0 Å². The van der Waals surface area contributed by atoms with E-state index >= 15 is 0 Å². The van der Waals surface area contributed by atoms with Gasteiger partial charge in [-0.2, -0.15) is 0 Å². The number of fused-ring (bicyclic) bond motifs is 1. The summed E-state index contributed by atoms with van der Waals surface area (Å²) in [6.45, 7) is 1.41. The van der Waals surface area contributed by atoms with Crippen molar-refractivity contribution in [2.45, 2.75) is 12.3 Å². The lowest BCUT2D eigenvalue weighted by atomic mass is 9.87. The van der Waals surface area contributed by atoms with Gasteiger partial charge in [-0.05, 0) is 30.2 Å². The molecule has 0 amide bonds. The summed E-state index contributed by atoms with van der Waals surface area (Å²) >= 11 is 0. The smallest absolute Gasteiger partial charge is 0.318 e. The number of methoxy groups -OCH3 is 2. The predicted octanol–water partition coefficient (Wildman–Crippen LogP) is 2.89. The van der Waals surface area contributed by atoms with Crippen molar-refractivity contribution in [3.63, 3.8) is 0 Å². The summed E-state index contributed by atoms with van der Waals surface area (Å²) in [5.41, 5.74) is 2.78. The third kappa shape index (κ3) is 2.80. The molecular formula is C18H20N2O4. The molecule has 0 aromatic heterocycles. The molecule has 24 heavy (non-hydrogen) atoms. The number of nitrogens with zero attached hydrogens (tertiary/aromatic N) is 1. The van der Waals surface area contributed by atoms with Crippen LogP contribution in [-0.4, -0.2) is 32.2 Å². The molecule has 2 aromatic rings. The maximum absolute atomic E-state index is 11.7. The van der Waals surface area contributed by atoms with E-state index in [9.17, 15) is 10.1 Å². The van der Waals surface area contributed by atoms with Crippen LogP contribution in [0.1, 0.15) is 22.6 Å². The van der Waals surface area contributed by atoms with Crippen LogP contribution in [0.5, 0.6) is 11.5 Å². The van der Waals surface area contributed by atoms with Gasteiger partial charge in [-0.1, -0.05) is 30.3 Å². The van der Waals surface area contributed by atoms with Gasteiger partial charge in [0, 0.05) is 18.0 Å². The lowest BCUT2D eigenvalue weighted by Crippen LogP contribution is -2.20. The first-order valence-corrected chi connectivity index (χ1v) is 7.85. The minimum absolute atomic E-state index is 0.0106. The molecule has 0 saturated heterocycles. The van der Waals surface area contributed by atoms with Gasteiger partial charge < -0.3 is 14.8 Å². The van der Waals surface area contributed by atoms with Crippen molar-refractivity contribution in [3.05, 3.63) is 63.2 Å². The molecule has 0 radical (unpaired) electrons. The Balaban J connectivity index is 2.26. The van der Waals surface area contributed by atoms with Crippen LogP contribution in [0.3, 0.4) is 0 Å². The number of ether oxygens (including phenoxy) is 2. The van der Waals surface area contributed by atoms with E-state index in [1.165, 1.54) is 14.2 Å². The number of nitro benzene ring substituents is 1. The molecule has 0 saturated carbocycles. The van der Waals surface area contributed by atoms with E-state index in [-0.39, 0.29) is 22.3 Å². The second-order valence-electron chi connectivity index (χ2n) is 5.70. The van der Waals surface area contributed by atoms with E-state index in [1.54, 1.807) is 0 Å². The molecule has 0 fully saturated rings. The van der Waals surface area contributed by atoms with Crippen molar-refractivity contribution in [1.29, 1.82) is 0 Å². The lowest BCUT2D eigenvalue weighted by Gasteiger charge is -2.20. The largest absolute Gasteiger partial charge is 0.493 e. The molecule has 1 N–H and O–H groups in total. The Labute approximate surface area is 140 Å². The molecule has 1 aliphatic rings. The zero-order chi connectivity index (χ0) is 17.1. The highest BCUT2D eigenvalue weighted by molar-refractivity contribution is 5.65. The number of hydrogen-bond donors (Lipinski definition) is 1. The fraction of sp³-hybridized carbons (Fsp3) is 0.333. The third-order valence-electron chi connectivity index (χ3n) is 4.44. The summed E-state index contributed by atoms with van der Waals surface area (Å²) in [6, 6.07) is 11.9. The maximum Gasteiger partial charge on any atom is 0.318 e. The van der Waals surface area contributed by atoms with Gasteiger partial charge in [0.05, 0.1) is 19.1 Å². The number of nitrogens with one attached hydrogen (secondary N) is 1. The molecule has 1 atom stereocenters. The van der Waals surface area contributed by atoms with Crippen molar-refractivity contribution in [2.75, 3.05) is 27.3 Å². The Morgan fingerprint density at radius 3 is 2.58 bits per heavy atom. The number of nitro groups is 1. The molecule has 0 spiro atoms. The third-order valence-corrected chi connectivity index (χ3v) is 4.44. The van der Waals surface area contributed by atoms with Gasteiger partial charge in [-0.25, -0.2) is 0 Å². The predicted molar refractivity (Wildman–Crippen MR) is 91.1 cm³/mol. The van der Waals surface area contributed by atoms with E-state index < -0.39 is 0 Å². The van der Waals surface area contributed by atoms with E-state index in [0.29, 0.717) is 18.7 Å². The van der Waals surface area contributed by atoms with E-state index in [2.05, 4.69) is 5.32 Å². The summed E-state index contributed by atoms with van der Waals surface area (Å²) < 4.78 is 10.7. The average Bonchev–Trinajstić information content (AvgIpc) is 2.82. The van der Waals surface area contributed by atoms with Crippen LogP contribution in [0.2, 0.25) is 0 Å². The summed E-state index contributed by atoms with van der Waals surface area (Å²) in [7, 11) is 2.93. The first-order valence-electron chi connectivity index (χ1n) is 7.85. The van der Waals surface area contributed by atoms with Crippen LogP contribution in [0, 0.1) is 10.1 Å². The number of hydrogen-bond acceptors (Lipinski definition) is 5. The Morgan fingerprint density at radius 2 is 1.96 bits per heavy atom. The normalized spacial score (nSPS) is 16.8. The molecular weight excluding hydrogens is 308 g/mol. The summed E-state index contributed by atoms with van der Waals surface area (Å²) in [5, 5.41) is 15.1. The van der Waals surface area contributed by atoms with Crippen molar-refractivity contribution < 1.29 is 14.4 Å². The van der Waals surface area contributed by atoms with Crippen LogP contribution in [-0.2, 0) is 6.42 Å². The molecule has 3 rings (SSSR count). The highest BCUT2D eigenvalue weighted by Crippen LogP contribution is 2.45. The van der Waals surface area contributed by atoms with Crippen LogP contribution < -0.4 is 14.8 Å². The van der Waals surface area contributed by atoms with Crippen molar-refractivity contribution in [3.8, 4) is 11.5 Å². The van der Waals surface area contributed by atoms with E-state index in [1.807, 2.05) is 36.4 Å². The maximum atomic E-state index is 11.7. The first kappa shape index (κ1) is 16.3. The summed E-state index contributed by atoms with van der Waals surface area (Å²) in [6.07, 6.45) is 0.579. The van der Waals surface area contributed by atoms with Gasteiger partial charge in [0.1, 0.15) is 0 Å². The molecule has 0 aliphatic carbocycles. The Hall–Kier alpha value is -2.60. The Morgan fingerprint density at radius 1 is 1.21 bits per heavy atom. The lowest BCUT2D eigenvalue weighted by molar-refractivity contribution is -0.386. The van der Waals surface area contributed by atoms with Crippen LogP contribution in [0.25, 0.3) is 0 Å². The number of rotatable bonds is 4. The monoisotopic (exact) mass is 328 g/mol. The minimum Gasteiger partial charge on any atom is -0.493 e. The van der Waals surface area contributed by atoms with Crippen LogP contribution in [0.15, 0.2) is 36.4 Å². The van der Waals surface area contributed by atoms with Crippen LogP contribution in [0.4, 0.5) is 5.69 Å². The summed E-state index contributed by atoms with van der Waals surface area (Å²) in [4.78, 5) is 11.4. The molecule has 126 valence electrons. The first-order chi connectivity index (χ1) is 11.7. The van der Waals surface area contributed by atoms with Crippen LogP contribution >= 0.6 is 0 Å². The van der Waals surface area contributed by atoms with E-state index in [0.717, 1.165) is 23.2 Å². The molecule has 0 bridgehead atoms. The van der Waals surface area contributed by atoms with Gasteiger partial charge >= 0.3 is 5.69 Å². The second-order valence-corrected chi connectivity index (χ2v) is 5.70. The zero-order valence-corrected chi connectivity index (χ0v) is 13.7. The highest BCUT2D eigenvalue weighted by atomic mass is 16.6. The van der Waals surface area contributed by atoms with E-state index in [4.69, 9.17) is 9.47 Å². The summed E-state index contributed by atoms with van der Waals surface area (Å²) in [5.74, 6) is 0.614. The number of benzene rings is 2. The van der Waals surface area contributed by atoms with Crippen molar-refractivity contribution in [1.82, 2.24) is 5.32 Å². The molecule has 6 nitrogen and oxygen atoms in total. The molecule has 6 heteroatoms. The second kappa shape index (κ2) is 6.88. The molecule has 0 unspecified atom stereocenters. The Kier molecular flexibility index (Phi) is 4.66. The molecule has 2 aromatic carbocycles. The fourth-order valence-electron chi connectivity index (χ4n) is 3.35. The van der Waals surface area contributed by atoms with Crippen molar-refractivity contribution in [2.24, 2.45) is 0 Å².